The summed E-state index contributed by atoms with van der Waals surface area (Å²) in [6, 6.07) is 6.07. The highest BCUT2D eigenvalue weighted by atomic mass is 35.5. The van der Waals surface area contributed by atoms with E-state index in [0.29, 0.717) is 17.0 Å². The molecule has 0 bridgehead atoms. The lowest BCUT2D eigenvalue weighted by molar-refractivity contribution is 0.580. The van der Waals surface area contributed by atoms with Crippen LogP contribution in [0, 0.1) is 5.82 Å². The zero-order valence-corrected chi connectivity index (χ0v) is 10.9. The van der Waals surface area contributed by atoms with Gasteiger partial charge in [-0.1, -0.05) is 35.3 Å². The van der Waals surface area contributed by atoms with Gasteiger partial charge in [0.25, 0.3) is 0 Å². The molecule has 0 saturated heterocycles. The number of hydrogen-bond donors (Lipinski definition) is 1. The van der Waals surface area contributed by atoms with Crippen LogP contribution in [0.4, 0.5) is 4.39 Å². The minimum atomic E-state index is -0.497. The number of halogens is 3. The molecule has 2 aromatic rings. The lowest BCUT2D eigenvalue weighted by Gasteiger charge is -2.14. The lowest BCUT2D eigenvalue weighted by atomic mass is 10.00. The van der Waals surface area contributed by atoms with Gasteiger partial charge < -0.3 is 5.73 Å². The van der Waals surface area contributed by atoms with Crippen molar-refractivity contribution in [3.63, 3.8) is 0 Å². The van der Waals surface area contributed by atoms with Crippen molar-refractivity contribution in [3.05, 3.63) is 63.6 Å². The molecular weight excluding hydrogens is 274 g/mol. The van der Waals surface area contributed by atoms with Crippen LogP contribution in [0.3, 0.4) is 0 Å². The van der Waals surface area contributed by atoms with Crippen LogP contribution in [0.2, 0.25) is 10.0 Å². The molecule has 1 atom stereocenters. The maximum Gasteiger partial charge on any atom is 0.146 e. The third-order valence-electron chi connectivity index (χ3n) is 2.68. The first-order chi connectivity index (χ1) is 8.59. The summed E-state index contributed by atoms with van der Waals surface area (Å²) in [5.41, 5.74) is 7.20. The second kappa shape index (κ2) is 5.65. The van der Waals surface area contributed by atoms with E-state index in [4.69, 9.17) is 28.9 Å². The zero-order chi connectivity index (χ0) is 13.1. The smallest absolute Gasteiger partial charge is 0.146 e. The van der Waals surface area contributed by atoms with Crippen molar-refractivity contribution in [3.8, 4) is 0 Å². The third kappa shape index (κ3) is 2.80. The number of nitrogens with zero attached hydrogens (tertiary/aromatic N) is 1. The zero-order valence-electron chi connectivity index (χ0n) is 9.41. The highest BCUT2D eigenvalue weighted by Crippen LogP contribution is 2.26. The van der Waals surface area contributed by atoms with Crippen LogP contribution in [0.15, 0.2) is 36.7 Å². The highest BCUT2D eigenvalue weighted by Gasteiger charge is 2.15. The Morgan fingerprint density at radius 3 is 2.72 bits per heavy atom. The van der Waals surface area contributed by atoms with Gasteiger partial charge in [-0.25, -0.2) is 4.39 Å². The monoisotopic (exact) mass is 284 g/mol. The van der Waals surface area contributed by atoms with E-state index >= 15 is 0 Å². The van der Waals surface area contributed by atoms with Gasteiger partial charge in [-0.2, -0.15) is 0 Å². The number of aromatic nitrogens is 1. The summed E-state index contributed by atoms with van der Waals surface area (Å²) in [5, 5.41) is 0.596. The summed E-state index contributed by atoms with van der Waals surface area (Å²) in [7, 11) is 0. The van der Waals surface area contributed by atoms with Crippen LogP contribution in [-0.2, 0) is 6.42 Å². The fraction of sp³-hybridized carbons (Fsp3) is 0.154. The molecule has 2 rings (SSSR count). The average molecular weight is 285 g/mol. The fourth-order valence-corrected chi connectivity index (χ4v) is 2.10. The van der Waals surface area contributed by atoms with E-state index < -0.39 is 11.9 Å². The number of benzene rings is 1. The highest BCUT2D eigenvalue weighted by molar-refractivity contribution is 6.31. The van der Waals surface area contributed by atoms with Crippen molar-refractivity contribution in [2.24, 2.45) is 5.73 Å². The van der Waals surface area contributed by atoms with Crippen molar-refractivity contribution in [2.75, 3.05) is 0 Å². The van der Waals surface area contributed by atoms with Gasteiger partial charge in [0, 0.05) is 24.0 Å². The summed E-state index contributed by atoms with van der Waals surface area (Å²) >= 11 is 11.7. The lowest BCUT2D eigenvalue weighted by Crippen LogP contribution is -2.15. The van der Waals surface area contributed by atoms with Gasteiger partial charge in [-0.05, 0) is 24.1 Å². The van der Waals surface area contributed by atoms with E-state index in [9.17, 15) is 4.39 Å². The quantitative estimate of drug-likeness (QED) is 0.932. The first-order valence-corrected chi connectivity index (χ1v) is 6.13. The molecule has 0 aliphatic carbocycles. The summed E-state index contributed by atoms with van der Waals surface area (Å²) in [6.07, 6.45) is 3.60. The molecule has 0 fully saturated rings. The van der Waals surface area contributed by atoms with E-state index in [1.54, 1.807) is 24.4 Å². The average Bonchev–Trinajstić information content (AvgIpc) is 2.35. The van der Waals surface area contributed by atoms with Crippen molar-refractivity contribution in [2.45, 2.75) is 12.5 Å². The van der Waals surface area contributed by atoms with Gasteiger partial charge in [0.2, 0.25) is 0 Å². The van der Waals surface area contributed by atoms with Crippen molar-refractivity contribution in [1.29, 1.82) is 0 Å². The molecule has 18 heavy (non-hydrogen) atoms. The van der Waals surface area contributed by atoms with E-state index in [2.05, 4.69) is 4.98 Å². The SMILES string of the molecule is NC(Cc1ccncc1Cl)c1cccc(Cl)c1F. The Labute approximate surface area is 115 Å². The second-order valence-electron chi connectivity index (χ2n) is 3.92. The minimum Gasteiger partial charge on any atom is -0.324 e. The molecule has 0 radical (unpaired) electrons. The molecule has 94 valence electrons. The maximum atomic E-state index is 13.8. The molecular formula is C13H11Cl2FN2. The molecule has 1 heterocycles. The van der Waals surface area contributed by atoms with E-state index in [1.807, 2.05) is 0 Å². The van der Waals surface area contributed by atoms with Gasteiger partial charge in [0.1, 0.15) is 5.82 Å². The van der Waals surface area contributed by atoms with E-state index in [-0.39, 0.29) is 5.02 Å². The van der Waals surface area contributed by atoms with Crippen LogP contribution >= 0.6 is 23.2 Å². The number of rotatable bonds is 3. The third-order valence-corrected chi connectivity index (χ3v) is 3.31. The number of pyridine rings is 1. The number of hydrogen-bond acceptors (Lipinski definition) is 2. The molecule has 0 aliphatic heterocycles. The summed E-state index contributed by atoms with van der Waals surface area (Å²) in [5.74, 6) is -0.475. The molecule has 0 saturated carbocycles. The second-order valence-corrected chi connectivity index (χ2v) is 4.74. The minimum absolute atomic E-state index is 0.0729. The molecule has 2 nitrogen and oxygen atoms in total. The van der Waals surface area contributed by atoms with Crippen LogP contribution in [0.5, 0.6) is 0 Å². The van der Waals surface area contributed by atoms with Crippen molar-refractivity contribution < 1.29 is 4.39 Å². The molecule has 1 aromatic heterocycles. The van der Waals surface area contributed by atoms with Gasteiger partial charge in [0.15, 0.2) is 0 Å². The molecule has 1 aromatic carbocycles. The largest absolute Gasteiger partial charge is 0.324 e. The van der Waals surface area contributed by atoms with Crippen LogP contribution in [0.25, 0.3) is 0 Å². The topological polar surface area (TPSA) is 38.9 Å². The van der Waals surface area contributed by atoms with Gasteiger partial charge >= 0.3 is 0 Å². The number of nitrogens with two attached hydrogens (primary N) is 1. The Morgan fingerprint density at radius 1 is 1.22 bits per heavy atom. The van der Waals surface area contributed by atoms with Gasteiger partial charge in [-0.15, -0.1) is 0 Å². The summed E-state index contributed by atoms with van der Waals surface area (Å²) in [6.45, 7) is 0. The Hall–Kier alpha value is -1.16. The Balaban J connectivity index is 2.25. The van der Waals surface area contributed by atoms with Crippen LogP contribution < -0.4 is 5.73 Å². The van der Waals surface area contributed by atoms with E-state index in [1.165, 1.54) is 12.3 Å². The van der Waals surface area contributed by atoms with Crippen molar-refractivity contribution >= 4 is 23.2 Å². The Morgan fingerprint density at radius 2 is 2.00 bits per heavy atom. The summed E-state index contributed by atoms with van der Waals surface area (Å²) < 4.78 is 13.8. The predicted octanol–water partition coefficient (Wildman–Crippen LogP) is 3.77. The molecule has 2 N–H and O–H groups in total. The van der Waals surface area contributed by atoms with Crippen LogP contribution in [-0.4, -0.2) is 4.98 Å². The normalized spacial score (nSPS) is 12.4. The Bertz CT molecular complexity index is 560. The molecule has 5 heteroatoms. The fourth-order valence-electron chi connectivity index (χ4n) is 1.72. The standard InChI is InChI=1S/C13H11Cl2FN2/c14-10-3-1-2-9(13(10)16)12(17)6-8-4-5-18-7-11(8)15/h1-5,7,12H,6,17H2. The molecule has 0 spiro atoms. The first kappa shape index (κ1) is 13.3. The summed E-state index contributed by atoms with van der Waals surface area (Å²) in [4.78, 5) is 3.89. The van der Waals surface area contributed by atoms with Gasteiger partial charge in [-0.3, -0.25) is 4.98 Å². The molecule has 0 amide bonds. The molecule has 0 aliphatic rings. The maximum absolute atomic E-state index is 13.8. The molecule has 1 unspecified atom stereocenters. The van der Waals surface area contributed by atoms with E-state index in [0.717, 1.165) is 5.56 Å². The first-order valence-electron chi connectivity index (χ1n) is 5.37. The Kier molecular flexibility index (Phi) is 4.17. The van der Waals surface area contributed by atoms with Gasteiger partial charge in [0.05, 0.1) is 10.0 Å². The van der Waals surface area contributed by atoms with Crippen molar-refractivity contribution in [1.82, 2.24) is 4.98 Å². The van der Waals surface area contributed by atoms with Crippen LogP contribution in [0.1, 0.15) is 17.2 Å². The predicted molar refractivity (Wildman–Crippen MR) is 71.3 cm³/mol.